The molecule has 5 nitrogen and oxygen atoms in total. The quantitative estimate of drug-likeness (QED) is 0.836. The van der Waals surface area contributed by atoms with Crippen molar-refractivity contribution in [3.8, 4) is 11.1 Å². The van der Waals surface area contributed by atoms with Crippen LogP contribution in [0.4, 0.5) is 11.5 Å². The van der Waals surface area contributed by atoms with Crippen molar-refractivity contribution >= 4 is 17.4 Å². The van der Waals surface area contributed by atoms with Gasteiger partial charge in [0.15, 0.2) is 0 Å². The van der Waals surface area contributed by atoms with Gasteiger partial charge in [0.1, 0.15) is 5.82 Å². The van der Waals surface area contributed by atoms with Crippen molar-refractivity contribution in [2.45, 2.75) is 18.3 Å². The number of nitrogen functional groups attached to an aromatic ring is 1. The zero-order chi connectivity index (χ0) is 16.2. The molecule has 2 aromatic rings. The van der Waals surface area contributed by atoms with Crippen LogP contribution in [-0.4, -0.2) is 36.4 Å². The summed E-state index contributed by atoms with van der Waals surface area (Å²) in [4.78, 5) is 18.4. The molecular formula is C18H20N4O. The summed E-state index contributed by atoms with van der Waals surface area (Å²) in [7, 11) is 3.46. The fourth-order valence-corrected chi connectivity index (χ4v) is 3.27. The Labute approximate surface area is 135 Å². The van der Waals surface area contributed by atoms with E-state index < -0.39 is 0 Å². The van der Waals surface area contributed by atoms with Gasteiger partial charge in [0.2, 0.25) is 0 Å². The Morgan fingerprint density at radius 3 is 2.74 bits per heavy atom. The third-order valence-corrected chi connectivity index (χ3v) is 4.93. The molecule has 3 N–H and O–H groups in total. The van der Waals surface area contributed by atoms with Crippen molar-refractivity contribution in [2.75, 3.05) is 31.7 Å². The molecule has 23 heavy (non-hydrogen) atoms. The molecule has 4 rings (SSSR count). The monoisotopic (exact) mass is 308 g/mol. The minimum absolute atomic E-state index is 0.0844. The largest absolute Gasteiger partial charge is 0.398 e. The van der Waals surface area contributed by atoms with Crippen LogP contribution >= 0.6 is 0 Å². The number of nitrogens with zero attached hydrogens (tertiary/aromatic N) is 2. The number of nitrogens with one attached hydrogen (secondary N) is 1. The molecule has 0 radical (unpaired) electrons. The number of benzene rings is 1. The number of carbonyl (C=O) groups excluding carboxylic acids is 1. The predicted molar refractivity (Wildman–Crippen MR) is 91.5 cm³/mol. The van der Waals surface area contributed by atoms with Crippen LogP contribution in [0.25, 0.3) is 11.1 Å². The van der Waals surface area contributed by atoms with Crippen molar-refractivity contribution in [3.63, 3.8) is 0 Å². The summed E-state index contributed by atoms with van der Waals surface area (Å²) in [5.41, 5.74) is 10.6. The lowest BCUT2D eigenvalue weighted by Gasteiger charge is -2.14. The first kappa shape index (κ1) is 14.1. The van der Waals surface area contributed by atoms with Crippen molar-refractivity contribution < 1.29 is 4.79 Å². The molecule has 5 heteroatoms. The summed E-state index contributed by atoms with van der Waals surface area (Å²) in [6.07, 6.45) is 4.32. The molecular weight excluding hydrogens is 288 g/mol. The molecule has 2 heterocycles. The number of amides is 1. The summed E-state index contributed by atoms with van der Waals surface area (Å²) in [6.45, 7) is 0.991. The number of hydrogen-bond acceptors (Lipinski definition) is 4. The molecule has 1 aromatic heterocycles. The van der Waals surface area contributed by atoms with E-state index in [0.717, 1.165) is 23.5 Å². The maximum Gasteiger partial charge on any atom is 0.255 e. The number of rotatable bonds is 2. The number of nitrogens with two attached hydrogens (primary N) is 1. The van der Waals surface area contributed by atoms with E-state index in [0.29, 0.717) is 16.7 Å². The average molecular weight is 308 g/mol. The van der Waals surface area contributed by atoms with Gasteiger partial charge in [-0.05, 0) is 36.6 Å². The van der Waals surface area contributed by atoms with Gasteiger partial charge in [-0.25, -0.2) is 4.98 Å². The number of hydrogen-bond donors (Lipinski definition) is 2. The van der Waals surface area contributed by atoms with Gasteiger partial charge in [-0.2, -0.15) is 0 Å². The van der Waals surface area contributed by atoms with Crippen molar-refractivity contribution in [1.29, 1.82) is 0 Å². The molecule has 1 saturated carbocycles. The summed E-state index contributed by atoms with van der Waals surface area (Å²) in [6, 6.07) is 7.82. The van der Waals surface area contributed by atoms with Gasteiger partial charge in [0, 0.05) is 49.1 Å². The lowest BCUT2D eigenvalue weighted by Crippen LogP contribution is -2.22. The molecule has 118 valence electrons. The van der Waals surface area contributed by atoms with Gasteiger partial charge in [-0.1, -0.05) is 6.07 Å². The zero-order valence-corrected chi connectivity index (χ0v) is 13.4. The highest BCUT2D eigenvalue weighted by molar-refractivity contribution is 6.00. The standard InChI is InChI=1S/C18H20N4O/c1-22(2)17(23)13-7-11(3-4-15(13)19)12-8-14-16(20-9-12)21-10-18(14)5-6-18/h3-4,7-9H,5-6,10,19H2,1-2H3,(H,20,21). The Kier molecular flexibility index (Phi) is 2.88. The average Bonchev–Trinajstić information content (AvgIpc) is 3.24. The van der Waals surface area contributed by atoms with E-state index in [4.69, 9.17) is 5.73 Å². The number of aromatic nitrogens is 1. The molecule has 0 bridgehead atoms. The number of pyridine rings is 1. The molecule has 0 saturated heterocycles. The summed E-state index contributed by atoms with van der Waals surface area (Å²) in [5, 5.41) is 3.39. The van der Waals surface area contributed by atoms with E-state index in [1.165, 1.54) is 18.4 Å². The SMILES string of the molecule is CN(C)C(=O)c1cc(-c2cnc3c(c2)C2(CC2)CN3)ccc1N. The second-order valence-electron chi connectivity index (χ2n) is 6.76. The highest BCUT2D eigenvalue weighted by atomic mass is 16.2. The Balaban J connectivity index is 1.77. The second kappa shape index (κ2) is 4.72. The van der Waals surface area contributed by atoms with E-state index >= 15 is 0 Å². The number of fused-ring (bicyclic) bond motifs is 2. The Hall–Kier alpha value is -2.56. The highest BCUT2D eigenvalue weighted by Gasteiger charge is 2.49. The first-order valence-corrected chi connectivity index (χ1v) is 7.86. The third kappa shape index (κ3) is 2.15. The fraction of sp³-hybridized carbons (Fsp3) is 0.333. The van der Waals surface area contributed by atoms with Crippen LogP contribution in [0.5, 0.6) is 0 Å². The molecule has 1 spiro atoms. The number of anilines is 2. The van der Waals surface area contributed by atoms with E-state index in [1.807, 2.05) is 18.3 Å². The molecule has 1 aliphatic carbocycles. The minimum atomic E-state index is -0.0844. The summed E-state index contributed by atoms with van der Waals surface area (Å²) < 4.78 is 0. The van der Waals surface area contributed by atoms with Crippen LogP contribution in [0.3, 0.4) is 0 Å². The first-order valence-electron chi connectivity index (χ1n) is 7.86. The van der Waals surface area contributed by atoms with Gasteiger partial charge in [0.05, 0.1) is 5.56 Å². The second-order valence-corrected chi connectivity index (χ2v) is 6.76. The topological polar surface area (TPSA) is 71.2 Å². The van der Waals surface area contributed by atoms with Crippen LogP contribution in [0.1, 0.15) is 28.8 Å². The molecule has 1 aromatic carbocycles. The normalized spacial score (nSPS) is 16.8. The van der Waals surface area contributed by atoms with E-state index in [-0.39, 0.29) is 5.91 Å². The molecule has 0 unspecified atom stereocenters. The van der Waals surface area contributed by atoms with Gasteiger partial charge >= 0.3 is 0 Å². The van der Waals surface area contributed by atoms with Crippen LogP contribution in [0.2, 0.25) is 0 Å². The first-order chi connectivity index (χ1) is 11.0. The maximum absolute atomic E-state index is 12.3. The molecule has 1 aliphatic heterocycles. The lowest BCUT2D eigenvalue weighted by molar-refractivity contribution is 0.0828. The maximum atomic E-state index is 12.3. The van der Waals surface area contributed by atoms with Gasteiger partial charge in [-0.15, -0.1) is 0 Å². The minimum Gasteiger partial charge on any atom is -0.398 e. The Morgan fingerprint density at radius 2 is 2.04 bits per heavy atom. The van der Waals surface area contributed by atoms with Crippen LogP contribution < -0.4 is 11.1 Å². The van der Waals surface area contributed by atoms with Gasteiger partial charge in [0.25, 0.3) is 5.91 Å². The Morgan fingerprint density at radius 1 is 1.26 bits per heavy atom. The van der Waals surface area contributed by atoms with E-state index in [9.17, 15) is 4.79 Å². The summed E-state index contributed by atoms with van der Waals surface area (Å²) in [5.74, 6) is 0.921. The van der Waals surface area contributed by atoms with Crippen molar-refractivity contribution in [2.24, 2.45) is 0 Å². The molecule has 1 amide bonds. The molecule has 2 aliphatic rings. The molecule has 0 atom stereocenters. The fourth-order valence-electron chi connectivity index (χ4n) is 3.27. The molecule has 1 fully saturated rings. The van der Waals surface area contributed by atoms with Crippen LogP contribution in [-0.2, 0) is 5.41 Å². The van der Waals surface area contributed by atoms with Gasteiger partial charge in [-0.3, -0.25) is 4.79 Å². The van der Waals surface area contributed by atoms with Crippen LogP contribution in [0.15, 0.2) is 30.5 Å². The van der Waals surface area contributed by atoms with Crippen LogP contribution in [0, 0.1) is 0 Å². The zero-order valence-electron chi connectivity index (χ0n) is 13.4. The Bertz CT molecular complexity index is 809. The van der Waals surface area contributed by atoms with Gasteiger partial charge < -0.3 is 16.0 Å². The third-order valence-electron chi connectivity index (χ3n) is 4.93. The smallest absolute Gasteiger partial charge is 0.255 e. The van der Waals surface area contributed by atoms with Crippen molar-refractivity contribution in [1.82, 2.24) is 9.88 Å². The van der Waals surface area contributed by atoms with E-state index in [2.05, 4.69) is 16.4 Å². The summed E-state index contributed by atoms with van der Waals surface area (Å²) >= 11 is 0. The highest BCUT2D eigenvalue weighted by Crippen LogP contribution is 2.54. The lowest BCUT2D eigenvalue weighted by atomic mass is 9.96. The van der Waals surface area contributed by atoms with Crippen molar-refractivity contribution in [3.05, 3.63) is 41.6 Å². The predicted octanol–water partition coefficient (Wildman–Crippen LogP) is 2.49. The number of carbonyl (C=O) groups is 1. The van der Waals surface area contributed by atoms with E-state index in [1.54, 1.807) is 25.1 Å².